The van der Waals surface area contributed by atoms with E-state index in [4.69, 9.17) is 4.42 Å². The average Bonchev–Trinajstić information content (AvgIpc) is 3.25. The highest BCUT2D eigenvalue weighted by atomic mass is 16.4. The van der Waals surface area contributed by atoms with Crippen molar-refractivity contribution >= 4 is 22.5 Å². The third-order valence-corrected chi connectivity index (χ3v) is 4.40. The molecule has 0 spiro atoms. The molecule has 0 radical (unpaired) electrons. The summed E-state index contributed by atoms with van der Waals surface area (Å²) in [7, 11) is 0. The van der Waals surface area contributed by atoms with Gasteiger partial charge in [-0.15, -0.1) is 0 Å². The molecule has 2 heterocycles. The molecule has 4 aromatic rings. The normalized spacial score (nSPS) is 11.0. The molecule has 5 nitrogen and oxygen atoms in total. The standard InChI is InChI=1S/C21H19N3O2/c1-3-24-12-11-16-13-17(9-10-18(16)24)22-20(25)19-14(2)26-21(23-19)15-7-5-4-6-8-15/h4-13H,3H2,1-2H3,(H,22,25). The van der Waals surface area contributed by atoms with Crippen molar-refractivity contribution in [3.8, 4) is 11.5 Å². The molecule has 0 saturated heterocycles. The van der Waals surface area contributed by atoms with Gasteiger partial charge in [-0.2, -0.15) is 0 Å². The van der Waals surface area contributed by atoms with Gasteiger partial charge < -0.3 is 14.3 Å². The summed E-state index contributed by atoms with van der Waals surface area (Å²) in [6.07, 6.45) is 2.05. The first-order valence-electron chi connectivity index (χ1n) is 8.59. The molecule has 0 saturated carbocycles. The highest BCUT2D eigenvalue weighted by Gasteiger charge is 2.18. The van der Waals surface area contributed by atoms with Gasteiger partial charge in [0.25, 0.3) is 5.91 Å². The number of carbonyl (C=O) groups is 1. The maximum Gasteiger partial charge on any atom is 0.277 e. The molecule has 2 aromatic heterocycles. The van der Waals surface area contributed by atoms with Crippen molar-refractivity contribution in [1.82, 2.24) is 9.55 Å². The van der Waals surface area contributed by atoms with Gasteiger partial charge in [0.15, 0.2) is 5.69 Å². The lowest BCUT2D eigenvalue weighted by molar-refractivity contribution is 0.102. The van der Waals surface area contributed by atoms with Crippen LogP contribution in [0.4, 0.5) is 5.69 Å². The SMILES string of the molecule is CCn1ccc2cc(NC(=O)c3nc(-c4ccccc4)oc3C)ccc21. The number of fused-ring (bicyclic) bond motifs is 1. The predicted octanol–water partition coefficient (Wildman–Crippen LogP) is 4.88. The van der Waals surface area contributed by atoms with E-state index in [9.17, 15) is 4.79 Å². The van der Waals surface area contributed by atoms with E-state index < -0.39 is 0 Å². The van der Waals surface area contributed by atoms with E-state index in [-0.39, 0.29) is 5.91 Å². The Hall–Kier alpha value is -3.34. The zero-order valence-corrected chi connectivity index (χ0v) is 14.7. The number of rotatable bonds is 4. The van der Waals surface area contributed by atoms with Crippen LogP contribution in [0.25, 0.3) is 22.4 Å². The summed E-state index contributed by atoms with van der Waals surface area (Å²) in [5.41, 5.74) is 3.03. The molecule has 0 aliphatic heterocycles. The molecule has 2 aromatic carbocycles. The number of oxazole rings is 1. The van der Waals surface area contributed by atoms with E-state index in [2.05, 4.69) is 21.8 Å². The van der Waals surface area contributed by atoms with Gasteiger partial charge in [-0.25, -0.2) is 4.98 Å². The lowest BCUT2D eigenvalue weighted by Gasteiger charge is -2.05. The van der Waals surface area contributed by atoms with Crippen LogP contribution in [0.3, 0.4) is 0 Å². The molecule has 5 heteroatoms. The molecule has 4 rings (SSSR count). The Balaban J connectivity index is 1.59. The summed E-state index contributed by atoms with van der Waals surface area (Å²) in [6.45, 7) is 4.77. The number of nitrogens with one attached hydrogen (secondary N) is 1. The van der Waals surface area contributed by atoms with Crippen LogP contribution in [0.1, 0.15) is 23.2 Å². The third kappa shape index (κ3) is 2.88. The number of hydrogen-bond acceptors (Lipinski definition) is 3. The van der Waals surface area contributed by atoms with E-state index in [0.717, 1.165) is 28.7 Å². The number of benzene rings is 2. The van der Waals surface area contributed by atoms with Gasteiger partial charge in [0.05, 0.1) is 0 Å². The fourth-order valence-corrected chi connectivity index (χ4v) is 3.06. The number of nitrogens with zero attached hydrogens (tertiary/aromatic N) is 2. The van der Waals surface area contributed by atoms with Crippen LogP contribution in [0, 0.1) is 6.92 Å². The highest BCUT2D eigenvalue weighted by Crippen LogP contribution is 2.24. The van der Waals surface area contributed by atoms with Crippen LogP contribution in [-0.2, 0) is 6.54 Å². The van der Waals surface area contributed by atoms with Gasteiger partial charge in [-0.1, -0.05) is 18.2 Å². The second-order valence-corrected chi connectivity index (χ2v) is 6.12. The molecule has 130 valence electrons. The Morgan fingerprint density at radius 3 is 2.73 bits per heavy atom. The van der Waals surface area contributed by atoms with Crippen LogP contribution in [0.5, 0.6) is 0 Å². The monoisotopic (exact) mass is 345 g/mol. The first kappa shape index (κ1) is 16.1. The molecular formula is C21H19N3O2. The zero-order valence-electron chi connectivity index (χ0n) is 14.7. The lowest BCUT2D eigenvalue weighted by Crippen LogP contribution is -2.13. The van der Waals surface area contributed by atoms with E-state index in [1.165, 1.54) is 0 Å². The maximum atomic E-state index is 12.6. The maximum absolute atomic E-state index is 12.6. The molecule has 0 unspecified atom stereocenters. The van der Waals surface area contributed by atoms with Crippen molar-refractivity contribution in [3.63, 3.8) is 0 Å². The molecular weight excluding hydrogens is 326 g/mol. The van der Waals surface area contributed by atoms with Crippen molar-refractivity contribution in [2.24, 2.45) is 0 Å². The van der Waals surface area contributed by atoms with Crippen molar-refractivity contribution < 1.29 is 9.21 Å². The Labute approximate surface area is 151 Å². The van der Waals surface area contributed by atoms with Gasteiger partial charge in [0.1, 0.15) is 5.76 Å². The van der Waals surface area contributed by atoms with Crippen molar-refractivity contribution in [3.05, 3.63) is 72.2 Å². The summed E-state index contributed by atoms with van der Waals surface area (Å²) in [5, 5.41) is 4.00. The van der Waals surface area contributed by atoms with Crippen LogP contribution in [0.2, 0.25) is 0 Å². The minimum atomic E-state index is -0.275. The van der Waals surface area contributed by atoms with Gasteiger partial charge in [0.2, 0.25) is 5.89 Å². The second kappa shape index (κ2) is 6.52. The Bertz CT molecular complexity index is 1080. The summed E-state index contributed by atoms with van der Waals surface area (Å²) < 4.78 is 7.83. The minimum absolute atomic E-state index is 0.275. The fraction of sp³-hybridized carbons (Fsp3) is 0.143. The summed E-state index contributed by atoms with van der Waals surface area (Å²) in [6, 6.07) is 17.5. The van der Waals surface area contributed by atoms with Gasteiger partial charge in [-0.3, -0.25) is 4.79 Å². The van der Waals surface area contributed by atoms with Crippen molar-refractivity contribution in [1.29, 1.82) is 0 Å². The number of aryl methyl sites for hydroxylation is 2. The lowest BCUT2D eigenvalue weighted by atomic mass is 10.2. The number of hydrogen-bond donors (Lipinski definition) is 1. The van der Waals surface area contributed by atoms with Crippen LogP contribution in [-0.4, -0.2) is 15.5 Å². The fourth-order valence-electron chi connectivity index (χ4n) is 3.06. The summed E-state index contributed by atoms with van der Waals surface area (Å²) in [4.78, 5) is 17.0. The molecule has 0 atom stereocenters. The first-order chi connectivity index (χ1) is 12.7. The average molecular weight is 345 g/mol. The smallest absolute Gasteiger partial charge is 0.277 e. The number of anilines is 1. The zero-order chi connectivity index (χ0) is 18.1. The van der Waals surface area contributed by atoms with E-state index in [1.807, 2.05) is 60.8 Å². The van der Waals surface area contributed by atoms with Crippen molar-refractivity contribution in [2.75, 3.05) is 5.32 Å². The van der Waals surface area contributed by atoms with Gasteiger partial charge in [-0.05, 0) is 50.2 Å². The second-order valence-electron chi connectivity index (χ2n) is 6.12. The Morgan fingerprint density at radius 2 is 1.96 bits per heavy atom. The molecule has 0 fully saturated rings. The minimum Gasteiger partial charge on any atom is -0.441 e. The van der Waals surface area contributed by atoms with E-state index in [1.54, 1.807) is 6.92 Å². The van der Waals surface area contributed by atoms with Gasteiger partial charge in [0, 0.05) is 34.9 Å². The topological polar surface area (TPSA) is 60.1 Å². The Kier molecular flexibility index (Phi) is 4.05. The highest BCUT2D eigenvalue weighted by molar-refractivity contribution is 6.04. The first-order valence-corrected chi connectivity index (χ1v) is 8.59. The van der Waals surface area contributed by atoms with E-state index in [0.29, 0.717) is 17.3 Å². The van der Waals surface area contributed by atoms with E-state index >= 15 is 0 Å². The number of amides is 1. The summed E-state index contributed by atoms with van der Waals surface area (Å²) in [5.74, 6) is 0.672. The number of carbonyl (C=O) groups excluding carboxylic acids is 1. The van der Waals surface area contributed by atoms with Crippen LogP contribution >= 0.6 is 0 Å². The molecule has 1 amide bonds. The molecule has 0 aliphatic rings. The Morgan fingerprint density at radius 1 is 1.15 bits per heavy atom. The molecule has 0 bridgehead atoms. The number of aromatic nitrogens is 2. The van der Waals surface area contributed by atoms with Crippen LogP contribution in [0.15, 0.2) is 65.2 Å². The third-order valence-electron chi connectivity index (χ3n) is 4.40. The predicted molar refractivity (Wildman–Crippen MR) is 102 cm³/mol. The molecule has 1 N–H and O–H groups in total. The quantitative estimate of drug-likeness (QED) is 0.573. The largest absolute Gasteiger partial charge is 0.441 e. The molecule has 0 aliphatic carbocycles. The molecule has 26 heavy (non-hydrogen) atoms. The summed E-state index contributed by atoms with van der Waals surface area (Å²) >= 11 is 0. The van der Waals surface area contributed by atoms with Gasteiger partial charge >= 0.3 is 0 Å². The van der Waals surface area contributed by atoms with Crippen LogP contribution < -0.4 is 5.32 Å². The van der Waals surface area contributed by atoms with Crippen molar-refractivity contribution in [2.45, 2.75) is 20.4 Å².